The number of nitrogen functional groups attached to an aromatic ring is 1. The van der Waals surface area contributed by atoms with Crippen LogP contribution in [0.5, 0.6) is 0 Å². The molecule has 2 N–H and O–H groups in total. The number of hydrogen-bond acceptors (Lipinski definition) is 4. The molecule has 1 saturated heterocycles. The molecule has 82 valence electrons. The molecule has 1 aliphatic heterocycles. The van der Waals surface area contributed by atoms with Crippen molar-refractivity contribution in [1.82, 2.24) is 9.97 Å². The van der Waals surface area contributed by atoms with E-state index >= 15 is 0 Å². The molecule has 0 bridgehead atoms. The first-order valence-electron chi connectivity index (χ1n) is 5.23. The number of nitrogens with two attached hydrogens (primary N) is 1. The van der Waals surface area contributed by atoms with Gasteiger partial charge in [0, 0.05) is 13.1 Å². The lowest BCUT2D eigenvalue weighted by Gasteiger charge is -2.18. The Labute approximate surface area is 94.5 Å². The van der Waals surface area contributed by atoms with Crippen molar-refractivity contribution in [3.8, 4) is 0 Å². The summed E-state index contributed by atoms with van der Waals surface area (Å²) in [5.41, 5.74) is 5.55. The summed E-state index contributed by atoms with van der Waals surface area (Å²) < 4.78 is 0. The molecule has 0 amide bonds. The van der Waals surface area contributed by atoms with Crippen molar-refractivity contribution in [3.05, 3.63) is 11.2 Å². The summed E-state index contributed by atoms with van der Waals surface area (Å²) in [7, 11) is 0. The standard InChI is InChI=1S/C10H15ClN4/c1-2-7-3-4-15(6-7)9-8(11)5-13-10(12)14-9/h5,7H,2-4,6H2,1H3,(H2,12,13,14). The number of anilines is 2. The summed E-state index contributed by atoms with van der Waals surface area (Å²) in [4.78, 5) is 10.2. The third-order valence-corrected chi connectivity index (χ3v) is 3.17. The van der Waals surface area contributed by atoms with Crippen LogP contribution in [0.3, 0.4) is 0 Å². The number of nitrogens with zero attached hydrogens (tertiary/aromatic N) is 3. The molecule has 0 saturated carbocycles. The Bertz CT molecular complexity index is 355. The highest BCUT2D eigenvalue weighted by atomic mass is 35.5. The molecule has 4 nitrogen and oxygen atoms in total. The van der Waals surface area contributed by atoms with Crippen molar-refractivity contribution in [2.45, 2.75) is 19.8 Å². The zero-order valence-corrected chi connectivity index (χ0v) is 9.54. The van der Waals surface area contributed by atoms with Crippen molar-refractivity contribution >= 4 is 23.4 Å². The summed E-state index contributed by atoms with van der Waals surface area (Å²) in [6.07, 6.45) is 3.98. The van der Waals surface area contributed by atoms with Gasteiger partial charge in [-0.1, -0.05) is 24.9 Å². The van der Waals surface area contributed by atoms with Crippen LogP contribution in [0.4, 0.5) is 11.8 Å². The highest BCUT2D eigenvalue weighted by Gasteiger charge is 2.23. The molecule has 0 spiro atoms. The van der Waals surface area contributed by atoms with Gasteiger partial charge in [-0.2, -0.15) is 4.98 Å². The van der Waals surface area contributed by atoms with Crippen LogP contribution in [-0.2, 0) is 0 Å². The predicted octanol–water partition coefficient (Wildman–Crippen LogP) is 1.95. The largest absolute Gasteiger partial charge is 0.368 e. The third-order valence-electron chi connectivity index (χ3n) is 2.91. The van der Waals surface area contributed by atoms with Gasteiger partial charge in [0.15, 0.2) is 5.82 Å². The Morgan fingerprint density at radius 3 is 3.13 bits per heavy atom. The van der Waals surface area contributed by atoms with E-state index in [0.29, 0.717) is 5.02 Å². The molecule has 5 heteroatoms. The molecule has 2 rings (SSSR count). The number of rotatable bonds is 2. The molecule has 2 heterocycles. The maximum atomic E-state index is 6.04. The quantitative estimate of drug-likeness (QED) is 0.838. The highest BCUT2D eigenvalue weighted by Crippen LogP contribution is 2.29. The van der Waals surface area contributed by atoms with Crippen LogP contribution in [-0.4, -0.2) is 23.1 Å². The molecule has 1 aromatic heterocycles. The second-order valence-electron chi connectivity index (χ2n) is 3.91. The smallest absolute Gasteiger partial charge is 0.222 e. The van der Waals surface area contributed by atoms with E-state index < -0.39 is 0 Å². The Morgan fingerprint density at radius 1 is 1.67 bits per heavy atom. The molecular weight excluding hydrogens is 212 g/mol. The van der Waals surface area contributed by atoms with Gasteiger partial charge in [0.05, 0.1) is 6.20 Å². The van der Waals surface area contributed by atoms with Gasteiger partial charge in [0.2, 0.25) is 5.95 Å². The van der Waals surface area contributed by atoms with E-state index in [2.05, 4.69) is 21.8 Å². The first kappa shape index (κ1) is 10.5. The Balaban J connectivity index is 2.19. The van der Waals surface area contributed by atoms with Crippen LogP contribution in [0, 0.1) is 5.92 Å². The molecule has 1 unspecified atom stereocenters. The fraction of sp³-hybridized carbons (Fsp3) is 0.600. The van der Waals surface area contributed by atoms with E-state index in [1.54, 1.807) is 6.20 Å². The monoisotopic (exact) mass is 226 g/mol. The first-order chi connectivity index (χ1) is 7.20. The van der Waals surface area contributed by atoms with E-state index in [-0.39, 0.29) is 5.95 Å². The van der Waals surface area contributed by atoms with Gasteiger partial charge >= 0.3 is 0 Å². The highest BCUT2D eigenvalue weighted by molar-refractivity contribution is 6.32. The molecule has 1 aliphatic rings. The van der Waals surface area contributed by atoms with Crippen LogP contribution < -0.4 is 10.6 Å². The fourth-order valence-corrected chi connectivity index (χ4v) is 2.16. The fourth-order valence-electron chi connectivity index (χ4n) is 1.95. The van der Waals surface area contributed by atoms with E-state index in [0.717, 1.165) is 24.8 Å². The van der Waals surface area contributed by atoms with Crippen molar-refractivity contribution < 1.29 is 0 Å². The minimum atomic E-state index is 0.286. The van der Waals surface area contributed by atoms with Gasteiger partial charge in [0.25, 0.3) is 0 Å². The van der Waals surface area contributed by atoms with E-state index in [4.69, 9.17) is 17.3 Å². The third kappa shape index (κ3) is 2.15. The molecule has 1 aromatic rings. The van der Waals surface area contributed by atoms with Crippen LogP contribution >= 0.6 is 11.6 Å². The maximum absolute atomic E-state index is 6.04. The predicted molar refractivity (Wildman–Crippen MR) is 62.1 cm³/mol. The Hall–Kier alpha value is -1.03. The van der Waals surface area contributed by atoms with Crippen LogP contribution in [0.2, 0.25) is 5.02 Å². The van der Waals surface area contributed by atoms with Crippen molar-refractivity contribution in [1.29, 1.82) is 0 Å². The number of aromatic nitrogens is 2. The minimum Gasteiger partial charge on any atom is -0.368 e. The lowest BCUT2D eigenvalue weighted by molar-refractivity contribution is 0.568. The molecule has 0 aromatic carbocycles. The summed E-state index contributed by atoms with van der Waals surface area (Å²) in [6, 6.07) is 0. The SMILES string of the molecule is CCC1CCN(c2nc(N)ncc2Cl)C1. The number of hydrogen-bond donors (Lipinski definition) is 1. The summed E-state index contributed by atoms with van der Waals surface area (Å²) in [5, 5.41) is 0.584. The second kappa shape index (κ2) is 4.23. The van der Waals surface area contributed by atoms with Gasteiger partial charge in [-0.05, 0) is 12.3 Å². The number of halogens is 1. The van der Waals surface area contributed by atoms with E-state index in [1.165, 1.54) is 12.8 Å². The van der Waals surface area contributed by atoms with Gasteiger partial charge in [-0.15, -0.1) is 0 Å². The van der Waals surface area contributed by atoms with Crippen LogP contribution in [0.15, 0.2) is 6.20 Å². The summed E-state index contributed by atoms with van der Waals surface area (Å²) >= 11 is 6.04. The first-order valence-corrected chi connectivity index (χ1v) is 5.61. The van der Waals surface area contributed by atoms with Crippen molar-refractivity contribution in [2.75, 3.05) is 23.7 Å². The van der Waals surface area contributed by atoms with Gasteiger partial charge < -0.3 is 10.6 Å². The van der Waals surface area contributed by atoms with Gasteiger partial charge in [-0.3, -0.25) is 0 Å². The average molecular weight is 227 g/mol. The summed E-state index contributed by atoms with van der Waals surface area (Å²) in [6.45, 7) is 4.24. The zero-order chi connectivity index (χ0) is 10.8. The van der Waals surface area contributed by atoms with E-state index in [1.807, 2.05) is 0 Å². The zero-order valence-electron chi connectivity index (χ0n) is 8.78. The molecule has 0 aliphatic carbocycles. The van der Waals surface area contributed by atoms with Crippen molar-refractivity contribution in [3.63, 3.8) is 0 Å². The van der Waals surface area contributed by atoms with Crippen LogP contribution in [0.1, 0.15) is 19.8 Å². The lowest BCUT2D eigenvalue weighted by atomic mass is 10.1. The second-order valence-corrected chi connectivity index (χ2v) is 4.32. The molecule has 1 fully saturated rings. The maximum Gasteiger partial charge on any atom is 0.222 e. The topological polar surface area (TPSA) is 55.0 Å². The summed E-state index contributed by atoms with van der Waals surface area (Å²) in [5.74, 6) is 1.81. The minimum absolute atomic E-state index is 0.286. The molecular formula is C10H15ClN4. The normalized spacial score (nSPS) is 20.9. The Morgan fingerprint density at radius 2 is 2.47 bits per heavy atom. The van der Waals surface area contributed by atoms with Crippen LogP contribution in [0.25, 0.3) is 0 Å². The lowest BCUT2D eigenvalue weighted by Crippen LogP contribution is -2.21. The average Bonchev–Trinajstić information content (AvgIpc) is 2.70. The molecule has 1 atom stereocenters. The Kier molecular flexibility index (Phi) is 2.95. The van der Waals surface area contributed by atoms with Gasteiger partial charge in [-0.25, -0.2) is 4.98 Å². The molecule has 0 radical (unpaired) electrons. The molecule has 15 heavy (non-hydrogen) atoms. The van der Waals surface area contributed by atoms with Crippen molar-refractivity contribution in [2.24, 2.45) is 5.92 Å². The van der Waals surface area contributed by atoms with E-state index in [9.17, 15) is 0 Å². The van der Waals surface area contributed by atoms with Gasteiger partial charge in [0.1, 0.15) is 5.02 Å².